The third-order valence-electron chi connectivity index (χ3n) is 2.83. The van der Waals surface area contributed by atoms with Crippen molar-refractivity contribution < 1.29 is 0 Å². The summed E-state index contributed by atoms with van der Waals surface area (Å²) >= 11 is 3.56. The van der Waals surface area contributed by atoms with Crippen molar-refractivity contribution in [3.8, 4) is 0 Å². The molecule has 0 amide bonds. The zero-order valence-electron chi connectivity index (χ0n) is 8.99. The first-order valence-corrected chi connectivity index (χ1v) is 6.04. The third kappa shape index (κ3) is 3.00. The third-order valence-corrected chi connectivity index (χ3v) is 3.61. The first-order valence-electron chi connectivity index (χ1n) is 5.25. The van der Waals surface area contributed by atoms with Gasteiger partial charge in [0.15, 0.2) is 0 Å². The molecule has 0 N–H and O–H groups in total. The van der Waals surface area contributed by atoms with E-state index in [-0.39, 0.29) is 0 Å². The Bertz CT molecular complexity index is 321. The molecule has 0 bridgehead atoms. The van der Waals surface area contributed by atoms with E-state index in [1.165, 1.54) is 5.56 Å². The Labute approximate surface area is 99.2 Å². The summed E-state index contributed by atoms with van der Waals surface area (Å²) in [4.78, 5) is 9.00. The molecule has 1 saturated heterocycles. The van der Waals surface area contributed by atoms with Crippen molar-refractivity contribution in [1.82, 2.24) is 14.8 Å². The maximum atomic E-state index is 4.16. The van der Waals surface area contributed by atoms with Gasteiger partial charge in [-0.2, -0.15) is 0 Å². The fourth-order valence-corrected chi connectivity index (χ4v) is 2.12. The molecular formula is C11H16BrN3. The van der Waals surface area contributed by atoms with Crippen LogP contribution in [0.5, 0.6) is 0 Å². The fraction of sp³-hybridized carbons (Fsp3) is 0.545. The maximum Gasteiger partial charge on any atom is 0.0324 e. The summed E-state index contributed by atoms with van der Waals surface area (Å²) in [5, 5.41) is 0. The number of rotatable bonds is 2. The van der Waals surface area contributed by atoms with Crippen molar-refractivity contribution in [2.24, 2.45) is 0 Å². The number of nitrogens with zero attached hydrogens (tertiary/aromatic N) is 3. The number of likely N-dealkylation sites (N-methyl/N-ethyl adjacent to an activating group) is 1. The van der Waals surface area contributed by atoms with Crippen LogP contribution in [0, 0.1) is 0 Å². The molecule has 1 aliphatic heterocycles. The molecule has 0 saturated carbocycles. The number of hydrogen-bond acceptors (Lipinski definition) is 3. The molecule has 1 aromatic heterocycles. The van der Waals surface area contributed by atoms with Gasteiger partial charge < -0.3 is 4.90 Å². The standard InChI is InChI=1S/C11H16BrN3/c1-14-4-6-15(7-5-14)9-10-8-13-3-2-11(10)12/h2-3,8H,4-7,9H2,1H3. The van der Waals surface area contributed by atoms with Gasteiger partial charge in [0.1, 0.15) is 0 Å². The highest BCUT2D eigenvalue weighted by atomic mass is 79.9. The highest BCUT2D eigenvalue weighted by Gasteiger charge is 2.14. The maximum absolute atomic E-state index is 4.16. The van der Waals surface area contributed by atoms with Crippen molar-refractivity contribution in [2.45, 2.75) is 6.54 Å². The molecule has 15 heavy (non-hydrogen) atoms. The molecule has 0 aliphatic carbocycles. The monoisotopic (exact) mass is 269 g/mol. The van der Waals surface area contributed by atoms with E-state index in [9.17, 15) is 0 Å². The van der Waals surface area contributed by atoms with Crippen LogP contribution in [0.2, 0.25) is 0 Å². The number of piperazine rings is 1. The van der Waals surface area contributed by atoms with Crippen LogP contribution in [-0.4, -0.2) is 48.0 Å². The first kappa shape index (κ1) is 11.0. The molecule has 82 valence electrons. The van der Waals surface area contributed by atoms with Crippen molar-refractivity contribution in [1.29, 1.82) is 0 Å². The lowest BCUT2D eigenvalue weighted by molar-refractivity contribution is 0.148. The smallest absolute Gasteiger partial charge is 0.0324 e. The minimum atomic E-state index is 1.00. The topological polar surface area (TPSA) is 19.4 Å². The number of hydrogen-bond donors (Lipinski definition) is 0. The lowest BCUT2D eigenvalue weighted by atomic mass is 10.2. The molecule has 1 aliphatic rings. The predicted molar refractivity (Wildman–Crippen MR) is 64.7 cm³/mol. The van der Waals surface area contributed by atoms with Crippen LogP contribution in [0.3, 0.4) is 0 Å². The molecule has 1 fully saturated rings. The second kappa shape index (κ2) is 5.05. The Morgan fingerprint density at radius 1 is 1.33 bits per heavy atom. The van der Waals surface area contributed by atoms with E-state index in [0.717, 1.165) is 37.2 Å². The van der Waals surface area contributed by atoms with Crippen LogP contribution in [0.1, 0.15) is 5.56 Å². The van der Waals surface area contributed by atoms with Crippen LogP contribution in [0.4, 0.5) is 0 Å². The second-order valence-corrected chi connectivity index (χ2v) is 4.90. The molecule has 0 atom stereocenters. The lowest BCUT2D eigenvalue weighted by Gasteiger charge is -2.32. The molecule has 4 heteroatoms. The summed E-state index contributed by atoms with van der Waals surface area (Å²) < 4.78 is 1.16. The van der Waals surface area contributed by atoms with Crippen molar-refractivity contribution in [2.75, 3.05) is 33.2 Å². The minimum absolute atomic E-state index is 1.00. The number of halogens is 1. The van der Waals surface area contributed by atoms with E-state index in [2.05, 4.69) is 37.8 Å². The molecule has 0 aromatic carbocycles. The van der Waals surface area contributed by atoms with Crippen LogP contribution in [0.15, 0.2) is 22.9 Å². The van der Waals surface area contributed by atoms with Gasteiger partial charge in [-0.3, -0.25) is 9.88 Å². The van der Waals surface area contributed by atoms with E-state index < -0.39 is 0 Å². The minimum Gasteiger partial charge on any atom is -0.304 e. The van der Waals surface area contributed by atoms with Gasteiger partial charge in [-0.05, 0) is 18.7 Å². The van der Waals surface area contributed by atoms with Crippen LogP contribution in [-0.2, 0) is 6.54 Å². The van der Waals surface area contributed by atoms with Gasteiger partial charge >= 0.3 is 0 Å². The molecule has 3 nitrogen and oxygen atoms in total. The first-order chi connectivity index (χ1) is 7.25. The van der Waals surface area contributed by atoms with E-state index in [1.54, 1.807) is 0 Å². The van der Waals surface area contributed by atoms with Crippen LogP contribution < -0.4 is 0 Å². The molecule has 1 aromatic rings. The highest BCUT2D eigenvalue weighted by Crippen LogP contribution is 2.17. The van der Waals surface area contributed by atoms with Gasteiger partial charge in [0, 0.05) is 49.6 Å². The van der Waals surface area contributed by atoms with Gasteiger partial charge in [0.25, 0.3) is 0 Å². The van der Waals surface area contributed by atoms with E-state index >= 15 is 0 Å². The molecule has 0 spiro atoms. The summed E-state index contributed by atoms with van der Waals surface area (Å²) in [5.74, 6) is 0. The Morgan fingerprint density at radius 2 is 2.07 bits per heavy atom. The summed E-state index contributed by atoms with van der Waals surface area (Å²) in [6, 6.07) is 2.01. The normalized spacial score (nSPS) is 19.3. The van der Waals surface area contributed by atoms with Crippen molar-refractivity contribution in [3.05, 3.63) is 28.5 Å². The van der Waals surface area contributed by atoms with Gasteiger partial charge in [0.05, 0.1) is 0 Å². The Morgan fingerprint density at radius 3 is 2.73 bits per heavy atom. The summed E-state index contributed by atoms with van der Waals surface area (Å²) in [6.45, 7) is 5.63. The summed E-state index contributed by atoms with van der Waals surface area (Å²) in [5.41, 5.74) is 1.28. The number of pyridine rings is 1. The Kier molecular flexibility index (Phi) is 3.72. The largest absolute Gasteiger partial charge is 0.304 e. The zero-order valence-corrected chi connectivity index (χ0v) is 10.6. The van der Waals surface area contributed by atoms with Crippen molar-refractivity contribution >= 4 is 15.9 Å². The number of aromatic nitrogens is 1. The van der Waals surface area contributed by atoms with Crippen LogP contribution >= 0.6 is 15.9 Å². The molecule has 0 unspecified atom stereocenters. The van der Waals surface area contributed by atoms with Crippen molar-refractivity contribution in [3.63, 3.8) is 0 Å². The molecule has 0 radical (unpaired) electrons. The Balaban J connectivity index is 1.95. The average Bonchev–Trinajstić information content (AvgIpc) is 2.25. The van der Waals surface area contributed by atoms with E-state index in [0.29, 0.717) is 0 Å². The fourth-order valence-electron chi connectivity index (χ4n) is 1.77. The highest BCUT2D eigenvalue weighted by molar-refractivity contribution is 9.10. The quantitative estimate of drug-likeness (QED) is 0.813. The second-order valence-electron chi connectivity index (χ2n) is 4.05. The predicted octanol–water partition coefficient (Wildman–Crippen LogP) is 1.59. The summed E-state index contributed by atoms with van der Waals surface area (Å²) in [6.07, 6.45) is 3.76. The Hall–Kier alpha value is -0.450. The molecule has 2 rings (SSSR count). The van der Waals surface area contributed by atoms with E-state index in [1.807, 2.05) is 18.5 Å². The van der Waals surface area contributed by atoms with Gasteiger partial charge in [0.2, 0.25) is 0 Å². The van der Waals surface area contributed by atoms with Gasteiger partial charge in [-0.25, -0.2) is 0 Å². The van der Waals surface area contributed by atoms with E-state index in [4.69, 9.17) is 0 Å². The summed E-state index contributed by atoms with van der Waals surface area (Å²) in [7, 11) is 2.18. The molecule has 2 heterocycles. The van der Waals surface area contributed by atoms with Crippen LogP contribution in [0.25, 0.3) is 0 Å². The molecular weight excluding hydrogens is 254 g/mol. The van der Waals surface area contributed by atoms with Gasteiger partial charge in [-0.15, -0.1) is 0 Å². The SMILES string of the molecule is CN1CCN(Cc2cnccc2Br)CC1. The average molecular weight is 270 g/mol. The van der Waals surface area contributed by atoms with Gasteiger partial charge in [-0.1, -0.05) is 15.9 Å². The zero-order chi connectivity index (χ0) is 10.7. The lowest BCUT2D eigenvalue weighted by Crippen LogP contribution is -2.43.